The van der Waals surface area contributed by atoms with Gasteiger partial charge in [-0.1, -0.05) is 13.5 Å². The van der Waals surface area contributed by atoms with Gasteiger partial charge in [0.25, 0.3) is 0 Å². The van der Waals surface area contributed by atoms with Crippen molar-refractivity contribution in [2.24, 2.45) is 0 Å². The second-order valence-corrected chi connectivity index (χ2v) is 3.26. The molecule has 0 radical (unpaired) electrons. The van der Waals surface area contributed by atoms with Crippen LogP contribution in [-0.2, 0) is 23.4 Å². The number of phosphoric acid groups is 1. The smallest absolute Gasteiger partial charge is 0.365 e. The van der Waals surface area contributed by atoms with E-state index in [1.807, 2.05) is 0 Å². The van der Waals surface area contributed by atoms with Gasteiger partial charge in [0, 0.05) is 6.08 Å². The topological polar surface area (TPSA) is 84.9 Å². The Morgan fingerprint density at radius 1 is 1.69 bits per heavy atom. The van der Waals surface area contributed by atoms with Gasteiger partial charge in [-0.25, -0.2) is 4.79 Å². The van der Waals surface area contributed by atoms with Crippen molar-refractivity contribution in [3.05, 3.63) is 12.7 Å². The zero-order valence-electron chi connectivity index (χ0n) is 7.10. The third-order valence-electron chi connectivity index (χ3n) is 0.831. The van der Waals surface area contributed by atoms with Crippen molar-refractivity contribution in [3.63, 3.8) is 0 Å². The number of carbonyl (C=O) groups excluding carboxylic acids is 1. The minimum Gasteiger partial charge on any atom is -0.754 e. The summed E-state index contributed by atoms with van der Waals surface area (Å²) >= 11 is 0. The standard InChI is InChI=1S/C6H11O6P/c1-3-5-10-13(8,9)12-11-6(7)4-2/h4H,2-3,5H2,1H3,(H,8,9)/p-1. The van der Waals surface area contributed by atoms with Crippen LogP contribution >= 0.6 is 7.82 Å². The molecule has 0 N–H and O–H groups in total. The van der Waals surface area contributed by atoms with Crippen LogP contribution in [-0.4, -0.2) is 12.6 Å². The van der Waals surface area contributed by atoms with Crippen molar-refractivity contribution in [3.8, 4) is 0 Å². The lowest BCUT2D eigenvalue weighted by Gasteiger charge is -2.19. The summed E-state index contributed by atoms with van der Waals surface area (Å²) in [5.74, 6) is -1.00. The Bertz CT molecular complexity index is 225. The lowest BCUT2D eigenvalue weighted by atomic mass is 10.5. The molecular weight excluding hydrogens is 199 g/mol. The quantitative estimate of drug-likeness (QED) is 0.274. The second kappa shape index (κ2) is 5.88. The van der Waals surface area contributed by atoms with Crippen LogP contribution in [0.3, 0.4) is 0 Å². The van der Waals surface area contributed by atoms with Crippen LogP contribution < -0.4 is 4.89 Å². The first-order valence-electron chi connectivity index (χ1n) is 3.50. The van der Waals surface area contributed by atoms with Crippen molar-refractivity contribution in [1.29, 1.82) is 0 Å². The fourth-order valence-corrected chi connectivity index (χ4v) is 0.955. The van der Waals surface area contributed by atoms with Crippen molar-refractivity contribution >= 4 is 13.8 Å². The summed E-state index contributed by atoms with van der Waals surface area (Å²) in [6.45, 7) is 4.73. The van der Waals surface area contributed by atoms with Crippen LogP contribution in [0, 0.1) is 0 Å². The number of hydrogen-bond acceptors (Lipinski definition) is 6. The van der Waals surface area contributed by atoms with Gasteiger partial charge in [0.05, 0.1) is 6.61 Å². The average Bonchev–Trinajstić information content (AvgIpc) is 2.11. The summed E-state index contributed by atoms with van der Waals surface area (Å²) in [7, 11) is -4.52. The van der Waals surface area contributed by atoms with Crippen LogP contribution in [0.1, 0.15) is 13.3 Å². The molecule has 0 aromatic heterocycles. The first-order chi connectivity index (χ1) is 6.02. The van der Waals surface area contributed by atoms with E-state index in [1.54, 1.807) is 6.92 Å². The summed E-state index contributed by atoms with van der Waals surface area (Å²) in [5.41, 5.74) is 0. The number of carbonyl (C=O) groups is 1. The molecule has 0 aromatic rings. The summed E-state index contributed by atoms with van der Waals surface area (Å²) < 4.78 is 18.7. The van der Waals surface area contributed by atoms with Crippen LogP contribution in [0.25, 0.3) is 0 Å². The van der Waals surface area contributed by atoms with Crippen LogP contribution in [0.5, 0.6) is 0 Å². The van der Waals surface area contributed by atoms with E-state index in [-0.39, 0.29) is 6.61 Å². The molecule has 0 saturated carbocycles. The molecule has 0 bridgehead atoms. The molecule has 1 unspecified atom stereocenters. The van der Waals surface area contributed by atoms with Gasteiger partial charge in [-0.15, -0.1) is 4.67 Å². The first-order valence-corrected chi connectivity index (χ1v) is 4.96. The lowest BCUT2D eigenvalue weighted by molar-refractivity contribution is -0.290. The molecule has 0 saturated heterocycles. The molecule has 1 atom stereocenters. The fourth-order valence-electron chi connectivity index (χ4n) is 0.341. The monoisotopic (exact) mass is 209 g/mol. The Hall–Kier alpha value is -0.680. The molecule has 0 aliphatic rings. The van der Waals surface area contributed by atoms with Gasteiger partial charge in [-0.05, 0) is 6.42 Å². The molecule has 13 heavy (non-hydrogen) atoms. The van der Waals surface area contributed by atoms with Crippen molar-refractivity contribution in [1.82, 2.24) is 0 Å². The molecular formula is C6H10O6P-. The van der Waals surface area contributed by atoms with E-state index in [2.05, 4.69) is 20.7 Å². The molecule has 0 rings (SSSR count). The van der Waals surface area contributed by atoms with Gasteiger partial charge in [0.1, 0.15) is 0 Å². The minimum absolute atomic E-state index is 0.0214. The van der Waals surface area contributed by atoms with Crippen LogP contribution in [0.4, 0.5) is 0 Å². The molecule has 0 heterocycles. The molecule has 0 fully saturated rings. The first kappa shape index (κ1) is 12.3. The minimum atomic E-state index is -4.52. The summed E-state index contributed by atoms with van der Waals surface area (Å²) in [5, 5.41) is 0. The molecule has 0 aliphatic carbocycles. The second-order valence-electron chi connectivity index (χ2n) is 1.96. The van der Waals surface area contributed by atoms with E-state index in [0.717, 1.165) is 6.08 Å². The van der Waals surface area contributed by atoms with Gasteiger partial charge >= 0.3 is 13.8 Å². The zero-order chi connectivity index (χ0) is 10.3. The number of phosphoric ester groups is 1. The third-order valence-corrected chi connectivity index (χ3v) is 1.59. The van der Waals surface area contributed by atoms with Crippen molar-refractivity contribution in [2.75, 3.05) is 6.61 Å². The average molecular weight is 209 g/mol. The fraction of sp³-hybridized carbons (Fsp3) is 0.500. The highest BCUT2D eigenvalue weighted by atomic mass is 31.2. The molecule has 7 heteroatoms. The van der Waals surface area contributed by atoms with Crippen molar-refractivity contribution in [2.45, 2.75) is 13.3 Å². The van der Waals surface area contributed by atoms with Crippen LogP contribution in [0.15, 0.2) is 12.7 Å². The number of rotatable bonds is 6. The molecule has 0 spiro atoms. The van der Waals surface area contributed by atoms with E-state index in [1.165, 1.54) is 0 Å². The summed E-state index contributed by atoms with van der Waals surface area (Å²) in [6.07, 6.45) is 1.27. The summed E-state index contributed by atoms with van der Waals surface area (Å²) in [4.78, 5) is 24.8. The predicted octanol–water partition coefficient (Wildman–Crippen LogP) is 0.542. The maximum atomic E-state index is 10.7. The normalized spacial score (nSPS) is 14.6. The highest BCUT2D eigenvalue weighted by Gasteiger charge is 2.12. The van der Waals surface area contributed by atoms with Gasteiger partial charge < -0.3 is 9.42 Å². The van der Waals surface area contributed by atoms with Gasteiger partial charge in [0.15, 0.2) is 0 Å². The van der Waals surface area contributed by atoms with Crippen molar-refractivity contribution < 1.29 is 28.3 Å². The highest BCUT2D eigenvalue weighted by molar-refractivity contribution is 7.45. The molecule has 0 aliphatic heterocycles. The van der Waals surface area contributed by atoms with Gasteiger partial charge in [-0.3, -0.25) is 9.45 Å². The Balaban J connectivity index is 3.81. The third kappa shape index (κ3) is 6.48. The van der Waals surface area contributed by atoms with E-state index in [9.17, 15) is 14.3 Å². The Morgan fingerprint density at radius 3 is 2.77 bits per heavy atom. The Labute approximate surface area is 75.6 Å². The molecule has 0 amide bonds. The number of hydrogen-bond donors (Lipinski definition) is 0. The maximum absolute atomic E-state index is 10.7. The van der Waals surface area contributed by atoms with Gasteiger partial charge in [-0.2, -0.15) is 0 Å². The lowest BCUT2D eigenvalue weighted by Crippen LogP contribution is -2.11. The molecule has 6 nitrogen and oxygen atoms in total. The Morgan fingerprint density at radius 2 is 2.31 bits per heavy atom. The van der Waals surface area contributed by atoms with E-state index in [4.69, 9.17) is 0 Å². The SMILES string of the molecule is C=CC(=O)OOP(=O)([O-])OCCC. The largest absolute Gasteiger partial charge is 0.754 e. The van der Waals surface area contributed by atoms with E-state index in [0.29, 0.717) is 6.42 Å². The summed E-state index contributed by atoms with van der Waals surface area (Å²) in [6, 6.07) is 0. The molecule has 76 valence electrons. The van der Waals surface area contributed by atoms with Crippen LogP contribution in [0.2, 0.25) is 0 Å². The maximum Gasteiger partial charge on any atom is 0.365 e. The molecule has 0 aromatic carbocycles. The highest BCUT2D eigenvalue weighted by Crippen LogP contribution is 2.38. The van der Waals surface area contributed by atoms with E-state index < -0.39 is 13.8 Å². The van der Waals surface area contributed by atoms with Gasteiger partial charge in [0.2, 0.25) is 0 Å². The zero-order valence-corrected chi connectivity index (χ0v) is 7.99. The van der Waals surface area contributed by atoms with E-state index >= 15 is 0 Å². The predicted molar refractivity (Wildman–Crippen MR) is 41.2 cm³/mol. The Kier molecular flexibility index (Phi) is 5.57.